The van der Waals surface area contributed by atoms with Gasteiger partial charge in [0.05, 0.1) is 5.56 Å². The predicted octanol–water partition coefficient (Wildman–Crippen LogP) is 4.56. The number of rotatable bonds is 1. The summed E-state index contributed by atoms with van der Waals surface area (Å²) in [6, 6.07) is 6.99. The molecule has 0 amide bonds. The van der Waals surface area contributed by atoms with Gasteiger partial charge in [-0.1, -0.05) is 23.7 Å². The third-order valence-electron chi connectivity index (χ3n) is 2.32. The number of benzene rings is 1. The van der Waals surface area contributed by atoms with Crippen molar-refractivity contribution < 1.29 is 17.6 Å². The maximum Gasteiger partial charge on any atom is 0.416 e. The second-order valence-corrected chi connectivity index (χ2v) is 3.94. The Morgan fingerprint density at radius 1 is 1.06 bits per heavy atom. The van der Waals surface area contributed by atoms with Crippen molar-refractivity contribution >= 4 is 11.6 Å². The molecule has 1 heterocycles. The Morgan fingerprint density at radius 3 is 2.39 bits per heavy atom. The normalized spacial score (nSPS) is 11.6. The van der Waals surface area contributed by atoms with Crippen molar-refractivity contribution in [3.8, 4) is 11.1 Å². The average molecular weight is 276 g/mol. The molecule has 94 valence electrons. The Morgan fingerprint density at radius 2 is 1.78 bits per heavy atom. The highest BCUT2D eigenvalue weighted by Gasteiger charge is 2.30. The van der Waals surface area contributed by atoms with Crippen molar-refractivity contribution in [2.75, 3.05) is 0 Å². The second-order valence-electron chi connectivity index (χ2n) is 3.55. The molecule has 0 bridgehead atoms. The zero-order chi connectivity index (χ0) is 13.3. The molecule has 0 fully saturated rings. The molecule has 0 unspecified atom stereocenters. The van der Waals surface area contributed by atoms with E-state index in [0.29, 0.717) is 0 Å². The molecule has 6 heteroatoms. The molecule has 0 radical (unpaired) electrons. The standard InChI is InChI=1S/C12H6ClF4N/c13-10-5-4-9(11(14)18-10)7-2-1-3-8(6-7)12(15,16)17/h1-6H. The van der Waals surface area contributed by atoms with Gasteiger partial charge in [0.25, 0.3) is 0 Å². The van der Waals surface area contributed by atoms with E-state index in [1.807, 2.05) is 0 Å². The van der Waals surface area contributed by atoms with E-state index in [0.717, 1.165) is 12.1 Å². The number of alkyl halides is 3. The lowest BCUT2D eigenvalue weighted by Gasteiger charge is -2.09. The van der Waals surface area contributed by atoms with Crippen LogP contribution in [0.5, 0.6) is 0 Å². The van der Waals surface area contributed by atoms with Crippen molar-refractivity contribution in [3.63, 3.8) is 0 Å². The third kappa shape index (κ3) is 2.61. The fourth-order valence-electron chi connectivity index (χ4n) is 1.49. The van der Waals surface area contributed by atoms with Crippen molar-refractivity contribution in [1.82, 2.24) is 4.98 Å². The molecule has 0 saturated heterocycles. The minimum absolute atomic E-state index is 0.0227. The van der Waals surface area contributed by atoms with Gasteiger partial charge in [-0.2, -0.15) is 17.6 Å². The summed E-state index contributed by atoms with van der Waals surface area (Å²) in [5.41, 5.74) is -0.758. The van der Waals surface area contributed by atoms with Crippen molar-refractivity contribution in [3.05, 3.63) is 53.1 Å². The molecular formula is C12H6ClF4N. The van der Waals surface area contributed by atoms with Crippen LogP contribution >= 0.6 is 11.6 Å². The maximum absolute atomic E-state index is 13.5. The topological polar surface area (TPSA) is 12.9 Å². The van der Waals surface area contributed by atoms with Crippen LogP contribution in [-0.2, 0) is 6.18 Å². The quantitative estimate of drug-likeness (QED) is 0.549. The monoisotopic (exact) mass is 275 g/mol. The van der Waals surface area contributed by atoms with Crippen LogP contribution in [-0.4, -0.2) is 4.98 Å². The highest BCUT2D eigenvalue weighted by atomic mass is 35.5. The van der Waals surface area contributed by atoms with Gasteiger partial charge in [0.2, 0.25) is 5.95 Å². The molecule has 18 heavy (non-hydrogen) atoms. The van der Waals surface area contributed by atoms with E-state index in [2.05, 4.69) is 4.98 Å². The number of aromatic nitrogens is 1. The van der Waals surface area contributed by atoms with Gasteiger partial charge in [-0.3, -0.25) is 0 Å². The lowest BCUT2D eigenvalue weighted by molar-refractivity contribution is -0.137. The lowest BCUT2D eigenvalue weighted by Crippen LogP contribution is -2.04. The van der Waals surface area contributed by atoms with Crippen LogP contribution in [0.25, 0.3) is 11.1 Å². The first kappa shape index (κ1) is 12.8. The highest BCUT2D eigenvalue weighted by molar-refractivity contribution is 6.29. The SMILES string of the molecule is Fc1nc(Cl)ccc1-c1cccc(C(F)(F)F)c1. The van der Waals surface area contributed by atoms with Crippen molar-refractivity contribution in [2.45, 2.75) is 6.18 Å². The molecule has 0 atom stereocenters. The third-order valence-corrected chi connectivity index (χ3v) is 2.53. The molecular weight excluding hydrogens is 270 g/mol. The predicted molar refractivity (Wildman–Crippen MR) is 59.6 cm³/mol. The van der Waals surface area contributed by atoms with Crippen LogP contribution in [0.2, 0.25) is 5.15 Å². The summed E-state index contributed by atoms with van der Waals surface area (Å²) in [7, 11) is 0. The number of nitrogens with zero attached hydrogens (tertiary/aromatic N) is 1. The van der Waals surface area contributed by atoms with Gasteiger partial charge in [-0.25, -0.2) is 4.98 Å². The first-order valence-corrected chi connectivity index (χ1v) is 5.25. The molecule has 2 rings (SSSR count). The largest absolute Gasteiger partial charge is 0.416 e. The van der Waals surface area contributed by atoms with E-state index >= 15 is 0 Å². The van der Waals surface area contributed by atoms with Gasteiger partial charge < -0.3 is 0 Å². The van der Waals surface area contributed by atoms with E-state index in [-0.39, 0.29) is 16.3 Å². The summed E-state index contributed by atoms with van der Waals surface area (Å²) < 4.78 is 51.0. The van der Waals surface area contributed by atoms with Gasteiger partial charge >= 0.3 is 6.18 Å². The van der Waals surface area contributed by atoms with Gasteiger partial charge in [0, 0.05) is 5.56 Å². The van der Waals surface area contributed by atoms with Crippen LogP contribution in [0.3, 0.4) is 0 Å². The molecule has 0 aliphatic carbocycles. The number of halogens is 5. The Kier molecular flexibility index (Phi) is 3.26. The van der Waals surface area contributed by atoms with Crippen LogP contribution in [0.1, 0.15) is 5.56 Å². The van der Waals surface area contributed by atoms with Gasteiger partial charge in [-0.05, 0) is 29.8 Å². The fourth-order valence-corrected chi connectivity index (χ4v) is 1.63. The zero-order valence-electron chi connectivity index (χ0n) is 8.80. The van der Waals surface area contributed by atoms with Crippen LogP contribution < -0.4 is 0 Å². The summed E-state index contributed by atoms with van der Waals surface area (Å²) in [5.74, 6) is -0.901. The van der Waals surface area contributed by atoms with Crippen LogP contribution in [0.4, 0.5) is 17.6 Å². The van der Waals surface area contributed by atoms with Crippen LogP contribution in [0.15, 0.2) is 36.4 Å². The number of pyridine rings is 1. The highest BCUT2D eigenvalue weighted by Crippen LogP contribution is 2.32. The minimum atomic E-state index is -4.47. The summed E-state index contributed by atoms with van der Waals surface area (Å²) in [6.07, 6.45) is -4.47. The summed E-state index contributed by atoms with van der Waals surface area (Å²) in [6.45, 7) is 0. The van der Waals surface area contributed by atoms with Gasteiger partial charge in [0.1, 0.15) is 5.15 Å². The maximum atomic E-state index is 13.5. The van der Waals surface area contributed by atoms with E-state index in [4.69, 9.17) is 11.6 Å². The van der Waals surface area contributed by atoms with Crippen molar-refractivity contribution in [2.24, 2.45) is 0 Å². The first-order chi connectivity index (χ1) is 8.38. The second kappa shape index (κ2) is 4.57. The Hall–Kier alpha value is -1.62. The van der Waals surface area contributed by atoms with Crippen LogP contribution in [0, 0.1) is 5.95 Å². The number of hydrogen-bond acceptors (Lipinski definition) is 1. The van der Waals surface area contributed by atoms with E-state index < -0.39 is 17.7 Å². The Bertz CT molecular complexity index is 581. The Balaban J connectivity index is 2.51. The van der Waals surface area contributed by atoms with Crippen molar-refractivity contribution in [1.29, 1.82) is 0 Å². The molecule has 1 aromatic heterocycles. The van der Waals surface area contributed by atoms with E-state index in [1.165, 1.54) is 24.3 Å². The molecule has 0 spiro atoms. The molecule has 0 N–H and O–H groups in total. The smallest absolute Gasteiger partial charge is 0.207 e. The molecule has 2 aromatic rings. The Labute approximate surface area is 105 Å². The van der Waals surface area contributed by atoms with E-state index in [9.17, 15) is 17.6 Å². The summed E-state index contributed by atoms with van der Waals surface area (Å²) >= 11 is 5.48. The van der Waals surface area contributed by atoms with Gasteiger partial charge in [0.15, 0.2) is 0 Å². The van der Waals surface area contributed by atoms with Gasteiger partial charge in [-0.15, -0.1) is 0 Å². The molecule has 0 saturated carbocycles. The molecule has 1 nitrogen and oxygen atoms in total. The molecule has 0 aliphatic rings. The fraction of sp³-hybridized carbons (Fsp3) is 0.0833. The summed E-state index contributed by atoms with van der Waals surface area (Å²) in [4.78, 5) is 3.36. The summed E-state index contributed by atoms with van der Waals surface area (Å²) in [5, 5.41) is -0.0526. The minimum Gasteiger partial charge on any atom is -0.207 e. The molecule has 0 aliphatic heterocycles. The van der Waals surface area contributed by atoms with E-state index in [1.54, 1.807) is 0 Å². The lowest BCUT2D eigenvalue weighted by atomic mass is 10.0. The number of hydrogen-bond donors (Lipinski definition) is 0. The zero-order valence-corrected chi connectivity index (χ0v) is 9.56. The first-order valence-electron chi connectivity index (χ1n) is 4.87. The molecule has 1 aromatic carbocycles. The average Bonchev–Trinajstić information content (AvgIpc) is 2.28.